The van der Waals surface area contributed by atoms with Crippen molar-refractivity contribution in [1.82, 2.24) is 25.1 Å². The fourth-order valence-electron chi connectivity index (χ4n) is 2.87. The molecule has 1 amide bonds. The molecule has 136 valence electrons. The molecular formula is C16H23ClN6OS. The maximum absolute atomic E-state index is 11.3. The lowest BCUT2D eigenvalue weighted by Gasteiger charge is -2.18. The Morgan fingerprint density at radius 1 is 1.36 bits per heavy atom. The molecule has 1 aliphatic rings. The van der Waals surface area contributed by atoms with Crippen molar-refractivity contribution < 1.29 is 4.79 Å². The number of fused-ring (bicyclic) bond motifs is 1. The second kappa shape index (κ2) is 8.23. The van der Waals surface area contributed by atoms with Gasteiger partial charge in [-0.1, -0.05) is 25.6 Å². The minimum Gasteiger partial charge on any atom is -0.356 e. The molecule has 7 nitrogen and oxygen atoms in total. The van der Waals surface area contributed by atoms with E-state index < -0.39 is 0 Å². The molecule has 0 bridgehead atoms. The smallest absolute Gasteiger partial charge is 0.234 e. The van der Waals surface area contributed by atoms with Crippen LogP contribution in [-0.2, 0) is 11.3 Å². The van der Waals surface area contributed by atoms with E-state index >= 15 is 0 Å². The van der Waals surface area contributed by atoms with Crippen molar-refractivity contribution in [2.24, 2.45) is 0 Å². The van der Waals surface area contributed by atoms with Crippen LogP contribution >= 0.6 is 23.4 Å². The number of hydrogen-bond acceptors (Lipinski definition) is 6. The van der Waals surface area contributed by atoms with E-state index in [1.54, 1.807) is 11.8 Å². The molecule has 0 aromatic carbocycles. The molecule has 9 heteroatoms. The summed E-state index contributed by atoms with van der Waals surface area (Å²) in [4.78, 5) is 23.1. The summed E-state index contributed by atoms with van der Waals surface area (Å²) in [7, 11) is 0. The number of anilines is 1. The zero-order chi connectivity index (χ0) is 17.8. The summed E-state index contributed by atoms with van der Waals surface area (Å²) in [6, 6.07) is 0. The molecule has 0 saturated carbocycles. The summed E-state index contributed by atoms with van der Waals surface area (Å²) >= 11 is 7.16. The first kappa shape index (κ1) is 18.3. The summed E-state index contributed by atoms with van der Waals surface area (Å²) in [6.45, 7) is 7.33. The Kier molecular flexibility index (Phi) is 6.01. The monoisotopic (exact) mass is 382 g/mol. The second-order valence-electron chi connectivity index (χ2n) is 6.28. The van der Waals surface area contributed by atoms with Crippen molar-refractivity contribution in [1.29, 1.82) is 0 Å². The first-order valence-electron chi connectivity index (χ1n) is 8.56. The van der Waals surface area contributed by atoms with Gasteiger partial charge >= 0.3 is 0 Å². The van der Waals surface area contributed by atoms with Crippen molar-refractivity contribution in [3.63, 3.8) is 0 Å². The highest BCUT2D eigenvalue weighted by Crippen LogP contribution is 2.30. The van der Waals surface area contributed by atoms with E-state index in [2.05, 4.69) is 29.2 Å². The van der Waals surface area contributed by atoms with Crippen molar-refractivity contribution >= 4 is 46.1 Å². The summed E-state index contributed by atoms with van der Waals surface area (Å²) in [5.74, 6) is 0.763. The van der Waals surface area contributed by atoms with Crippen LogP contribution in [-0.4, -0.2) is 56.4 Å². The van der Waals surface area contributed by atoms with Gasteiger partial charge in [0.2, 0.25) is 5.91 Å². The highest BCUT2D eigenvalue weighted by Gasteiger charge is 2.21. The van der Waals surface area contributed by atoms with Crippen molar-refractivity contribution in [2.75, 3.05) is 30.4 Å². The van der Waals surface area contributed by atoms with Crippen LogP contribution in [0.5, 0.6) is 0 Å². The number of thioether (sulfide) groups is 1. The third-order valence-corrected chi connectivity index (χ3v) is 5.08. The van der Waals surface area contributed by atoms with Crippen molar-refractivity contribution in [2.45, 2.75) is 43.6 Å². The molecule has 0 aliphatic carbocycles. The average Bonchev–Trinajstić information content (AvgIpc) is 3.23. The minimum atomic E-state index is -0.179. The molecule has 0 atom stereocenters. The Balaban J connectivity index is 1.90. The lowest BCUT2D eigenvalue weighted by atomic mass is 10.3. The normalized spacial score (nSPS) is 14.6. The zero-order valence-corrected chi connectivity index (χ0v) is 16.1. The molecule has 25 heavy (non-hydrogen) atoms. The molecule has 0 radical (unpaired) electrons. The Hall–Kier alpha value is -1.54. The summed E-state index contributed by atoms with van der Waals surface area (Å²) in [5, 5.41) is 9.38. The van der Waals surface area contributed by atoms with Crippen LogP contribution in [0, 0.1) is 0 Å². The number of hydrogen-bond donors (Lipinski definition) is 1. The molecule has 1 aliphatic heterocycles. The standard InChI is InChI=1S/C16H23ClN6OS/c1-11(2)25-16-20-14(22-6-3-4-7-22)12-10-19-23(15(12)21-16)8-5-18-13(24)9-17/h10-11H,3-9H2,1-2H3,(H,18,24). The molecule has 3 rings (SSSR count). The number of aromatic nitrogens is 4. The maximum Gasteiger partial charge on any atom is 0.234 e. The van der Waals surface area contributed by atoms with Gasteiger partial charge in [0, 0.05) is 24.9 Å². The van der Waals surface area contributed by atoms with E-state index in [9.17, 15) is 4.79 Å². The van der Waals surface area contributed by atoms with Gasteiger partial charge in [-0.15, -0.1) is 11.6 Å². The van der Waals surface area contributed by atoms with Gasteiger partial charge in [0.25, 0.3) is 0 Å². The third kappa shape index (κ3) is 4.36. The number of alkyl halides is 1. The highest BCUT2D eigenvalue weighted by molar-refractivity contribution is 7.99. The first-order valence-corrected chi connectivity index (χ1v) is 9.97. The highest BCUT2D eigenvalue weighted by atomic mass is 35.5. The molecule has 1 N–H and O–H groups in total. The lowest BCUT2D eigenvalue weighted by Crippen LogP contribution is -2.28. The number of nitrogens with zero attached hydrogens (tertiary/aromatic N) is 5. The van der Waals surface area contributed by atoms with Gasteiger partial charge < -0.3 is 10.2 Å². The largest absolute Gasteiger partial charge is 0.356 e. The predicted molar refractivity (Wildman–Crippen MR) is 101 cm³/mol. The van der Waals surface area contributed by atoms with Gasteiger partial charge in [-0.3, -0.25) is 4.79 Å². The quantitative estimate of drug-likeness (QED) is 0.450. The molecule has 1 saturated heterocycles. The number of nitrogens with one attached hydrogen (secondary N) is 1. The molecule has 1 fully saturated rings. The number of carbonyl (C=O) groups is 1. The molecule has 2 aromatic heterocycles. The molecular weight excluding hydrogens is 360 g/mol. The summed E-state index contributed by atoms with van der Waals surface area (Å²) in [6.07, 6.45) is 4.21. The Bertz CT molecular complexity index is 744. The fourth-order valence-corrected chi connectivity index (χ4v) is 3.66. The first-order chi connectivity index (χ1) is 12.1. The van der Waals surface area contributed by atoms with E-state index in [0.717, 1.165) is 35.1 Å². The second-order valence-corrected chi connectivity index (χ2v) is 8.09. The topological polar surface area (TPSA) is 75.9 Å². The van der Waals surface area contributed by atoms with Gasteiger partial charge in [0.05, 0.1) is 18.1 Å². The number of halogens is 1. The predicted octanol–water partition coefficient (Wildman–Crippen LogP) is 2.28. The molecule has 2 aromatic rings. The Morgan fingerprint density at radius 2 is 2.12 bits per heavy atom. The van der Waals surface area contributed by atoms with Crippen LogP contribution < -0.4 is 10.2 Å². The van der Waals surface area contributed by atoms with E-state index in [-0.39, 0.29) is 11.8 Å². The van der Waals surface area contributed by atoms with Gasteiger partial charge in [-0.25, -0.2) is 14.6 Å². The van der Waals surface area contributed by atoms with Gasteiger partial charge in [-0.05, 0) is 12.8 Å². The van der Waals surface area contributed by atoms with E-state index in [1.807, 2.05) is 10.9 Å². The van der Waals surface area contributed by atoms with Crippen LogP contribution in [0.1, 0.15) is 26.7 Å². The van der Waals surface area contributed by atoms with Crippen LogP contribution in [0.25, 0.3) is 11.0 Å². The number of rotatable bonds is 7. The van der Waals surface area contributed by atoms with Crippen LogP contribution in [0.3, 0.4) is 0 Å². The van der Waals surface area contributed by atoms with E-state index in [1.165, 1.54) is 12.8 Å². The SMILES string of the molecule is CC(C)Sc1nc(N2CCCC2)c2cnn(CCNC(=O)CCl)c2n1. The third-order valence-electron chi connectivity index (χ3n) is 3.97. The van der Waals surface area contributed by atoms with Crippen LogP contribution in [0.2, 0.25) is 0 Å². The van der Waals surface area contributed by atoms with Crippen LogP contribution in [0.4, 0.5) is 5.82 Å². The fraction of sp³-hybridized carbons (Fsp3) is 0.625. The van der Waals surface area contributed by atoms with Crippen LogP contribution in [0.15, 0.2) is 11.4 Å². The van der Waals surface area contributed by atoms with E-state index in [4.69, 9.17) is 21.6 Å². The van der Waals surface area contributed by atoms with Crippen molar-refractivity contribution in [3.05, 3.63) is 6.20 Å². The van der Waals surface area contributed by atoms with E-state index in [0.29, 0.717) is 18.3 Å². The molecule has 0 spiro atoms. The maximum atomic E-state index is 11.3. The van der Waals surface area contributed by atoms with Gasteiger partial charge in [0.1, 0.15) is 11.7 Å². The summed E-state index contributed by atoms with van der Waals surface area (Å²) < 4.78 is 1.83. The summed E-state index contributed by atoms with van der Waals surface area (Å²) in [5.41, 5.74) is 0.820. The zero-order valence-electron chi connectivity index (χ0n) is 14.5. The molecule has 0 unspecified atom stereocenters. The van der Waals surface area contributed by atoms with Gasteiger partial charge in [-0.2, -0.15) is 5.10 Å². The number of amides is 1. The molecule has 3 heterocycles. The van der Waals surface area contributed by atoms with Gasteiger partial charge in [0.15, 0.2) is 10.8 Å². The lowest BCUT2D eigenvalue weighted by molar-refractivity contribution is -0.118. The Labute approximate surface area is 156 Å². The minimum absolute atomic E-state index is 0.0314. The van der Waals surface area contributed by atoms with Crippen molar-refractivity contribution in [3.8, 4) is 0 Å². The Morgan fingerprint density at radius 3 is 2.80 bits per heavy atom. The average molecular weight is 383 g/mol. The number of carbonyl (C=O) groups excluding carboxylic acids is 1.